The molecule has 0 atom stereocenters. The van der Waals surface area contributed by atoms with Crippen molar-refractivity contribution in [2.24, 2.45) is 0 Å². The van der Waals surface area contributed by atoms with E-state index >= 15 is 0 Å². The molecule has 0 aliphatic carbocycles. The number of hydrogen-bond acceptors (Lipinski definition) is 6. The van der Waals surface area contributed by atoms with Crippen molar-refractivity contribution in [3.8, 4) is 11.5 Å². The number of rotatable bonds is 10. The molecule has 1 aromatic carbocycles. The number of aromatic amines is 1. The number of H-pyrrole nitrogens is 1. The Bertz CT molecular complexity index is 981. The summed E-state index contributed by atoms with van der Waals surface area (Å²) in [5.74, 6) is -0.573. The zero-order chi connectivity index (χ0) is 23.1. The van der Waals surface area contributed by atoms with Crippen LogP contribution < -0.4 is 9.47 Å². The SMILES string of the molecule is CCCOc1c(Cl)cc(C(=O)OCC(=O)c2c[nH]c(C(=O)N3CCCC3)c2)cc1OCC. The molecule has 0 radical (unpaired) electrons. The van der Waals surface area contributed by atoms with Gasteiger partial charge in [-0.3, -0.25) is 9.59 Å². The topological polar surface area (TPSA) is 97.9 Å². The molecule has 2 heterocycles. The lowest BCUT2D eigenvalue weighted by atomic mass is 10.2. The first-order valence-electron chi connectivity index (χ1n) is 10.7. The number of halogens is 1. The Hall–Kier alpha value is -3.00. The van der Waals surface area contributed by atoms with Crippen LogP contribution in [0.5, 0.6) is 11.5 Å². The number of ketones is 1. The number of nitrogens with one attached hydrogen (secondary N) is 1. The van der Waals surface area contributed by atoms with Crippen LogP contribution in [0.3, 0.4) is 0 Å². The number of carbonyl (C=O) groups excluding carboxylic acids is 3. The molecule has 1 N–H and O–H groups in total. The van der Waals surface area contributed by atoms with Crippen LogP contribution in [-0.2, 0) is 4.74 Å². The normalized spacial score (nSPS) is 13.2. The van der Waals surface area contributed by atoms with E-state index in [9.17, 15) is 14.4 Å². The molecule has 0 bridgehead atoms. The maximum atomic E-state index is 12.5. The van der Waals surface area contributed by atoms with E-state index in [2.05, 4.69) is 4.98 Å². The lowest BCUT2D eigenvalue weighted by Gasteiger charge is -2.14. The van der Waals surface area contributed by atoms with Gasteiger partial charge in [-0.25, -0.2) is 4.79 Å². The number of nitrogens with zero attached hydrogens (tertiary/aromatic N) is 1. The number of esters is 1. The molecule has 3 rings (SSSR count). The summed E-state index contributed by atoms with van der Waals surface area (Å²) in [6, 6.07) is 4.39. The second kappa shape index (κ2) is 11.0. The van der Waals surface area contributed by atoms with Crippen LogP contribution in [0.4, 0.5) is 0 Å². The summed E-state index contributed by atoms with van der Waals surface area (Å²) in [4.78, 5) is 41.9. The molecule has 172 valence electrons. The van der Waals surface area contributed by atoms with Crippen molar-refractivity contribution >= 4 is 29.3 Å². The van der Waals surface area contributed by atoms with Gasteiger partial charge in [-0.2, -0.15) is 0 Å². The smallest absolute Gasteiger partial charge is 0.338 e. The molecule has 1 saturated heterocycles. The summed E-state index contributed by atoms with van der Waals surface area (Å²) in [5, 5.41) is 0.221. The quantitative estimate of drug-likeness (QED) is 0.421. The molecule has 2 aromatic rings. The minimum atomic E-state index is -0.716. The van der Waals surface area contributed by atoms with E-state index in [1.165, 1.54) is 24.4 Å². The number of amides is 1. The van der Waals surface area contributed by atoms with Gasteiger partial charge in [-0.05, 0) is 44.4 Å². The van der Waals surface area contributed by atoms with Gasteiger partial charge in [0.15, 0.2) is 18.1 Å². The predicted molar refractivity (Wildman–Crippen MR) is 119 cm³/mol. The molecule has 1 fully saturated rings. The summed E-state index contributed by atoms with van der Waals surface area (Å²) >= 11 is 6.28. The average molecular weight is 463 g/mol. The number of likely N-dealkylation sites (tertiary alicyclic amines) is 1. The number of benzene rings is 1. The van der Waals surface area contributed by atoms with E-state index < -0.39 is 18.4 Å². The van der Waals surface area contributed by atoms with Crippen LogP contribution >= 0.6 is 11.6 Å². The number of hydrogen-bond donors (Lipinski definition) is 1. The van der Waals surface area contributed by atoms with Crippen molar-refractivity contribution in [1.29, 1.82) is 0 Å². The largest absolute Gasteiger partial charge is 0.490 e. The van der Waals surface area contributed by atoms with Gasteiger partial charge in [-0.1, -0.05) is 18.5 Å². The van der Waals surface area contributed by atoms with Crippen molar-refractivity contribution < 1.29 is 28.6 Å². The number of carbonyl (C=O) groups is 3. The van der Waals surface area contributed by atoms with Crippen molar-refractivity contribution in [3.05, 3.63) is 46.2 Å². The highest BCUT2D eigenvalue weighted by atomic mass is 35.5. The van der Waals surface area contributed by atoms with Gasteiger partial charge in [0, 0.05) is 24.8 Å². The van der Waals surface area contributed by atoms with E-state index in [1.54, 1.807) is 11.8 Å². The van der Waals surface area contributed by atoms with Gasteiger partial charge in [0.2, 0.25) is 5.78 Å². The van der Waals surface area contributed by atoms with E-state index in [-0.39, 0.29) is 22.1 Å². The van der Waals surface area contributed by atoms with E-state index in [0.717, 1.165) is 19.3 Å². The standard InChI is InChI=1S/C23H27ClN2O6/c1-3-9-31-21-17(24)10-15(12-20(21)30-4-2)23(29)32-14-19(27)16-11-18(25-13-16)22(28)26-7-5-6-8-26/h10-13,25H,3-9,14H2,1-2H3. The zero-order valence-corrected chi connectivity index (χ0v) is 19.0. The van der Waals surface area contributed by atoms with Gasteiger partial charge >= 0.3 is 5.97 Å². The highest BCUT2D eigenvalue weighted by Gasteiger charge is 2.23. The second-order valence-electron chi connectivity index (χ2n) is 7.37. The molecular formula is C23H27ClN2O6. The van der Waals surface area contributed by atoms with Crippen LogP contribution in [0, 0.1) is 0 Å². The third-order valence-electron chi connectivity index (χ3n) is 4.96. The first kappa shape index (κ1) is 23.7. The first-order valence-corrected chi connectivity index (χ1v) is 11.1. The Labute approximate surface area is 191 Å². The van der Waals surface area contributed by atoms with Gasteiger partial charge in [0.05, 0.1) is 23.8 Å². The molecular weight excluding hydrogens is 436 g/mol. The molecule has 1 amide bonds. The second-order valence-corrected chi connectivity index (χ2v) is 7.77. The minimum absolute atomic E-state index is 0.137. The van der Waals surface area contributed by atoms with E-state index in [1.807, 2.05) is 6.92 Å². The first-order chi connectivity index (χ1) is 15.4. The van der Waals surface area contributed by atoms with Crippen LogP contribution in [0.1, 0.15) is 64.3 Å². The summed E-state index contributed by atoms with van der Waals surface area (Å²) in [6.07, 6.45) is 4.20. The fourth-order valence-corrected chi connectivity index (χ4v) is 3.63. The molecule has 0 saturated carbocycles. The maximum absolute atomic E-state index is 12.5. The highest BCUT2D eigenvalue weighted by molar-refractivity contribution is 6.32. The summed E-state index contributed by atoms with van der Waals surface area (Å²) in [5.41, 5.74) is 0.767. The van der Waals surface area contributed by atoms with Crippen molar-refractivity contribution in [3.63, 3.8) is 0 Å². The highest BCUT2D eigenvalue weighted by Crippen LogP contribution is 2.37. The lowest BCUT2D eigenvalue weighted by molar-refractivity contribution is 0.0474. The maximum Gasteiger partial charge on any atom is 0.338 e. The summed E-state index contributed by atoms with van der Waals surface area (Å²) < 4.78 is 16.3. The van der Waals surface area contributed by atoms with Crippen LogP contribution in [0.15, 0.2) is 24.4 Å². The summed E-state index contributed by atoms with van der Waals surface area (Å²) in [7, 11) is 0. The molecule has 8 nitrogen and oxygen atoms in total. The van der Waals surface area contributed by atoms with Gasteiger partial charge in [0.1, 0.15) is 5.69 Å². The van der Waals surface area contributed by atoms with Crippen molar-refractivity contribution in [1.82, 2.24) is 9.88 Å². The molecule has 1 aliphatic rings. The fraction of sp³-hybridized carbons (Fsp3) is 0.435. The molecule has 0 unspecified atom stereocenters. The van der Waals surface area contributed by atoms with E-state index in [4.69, 9.17) is 25.8 Å². The number of ether oxygens (including phenoxy) is 3. The van der Waals surface area contributed by atoms with Crippen LogP contribution in [-0.4, -0.2) is 60.5 Å². The Morgan fingerprint density at radius 1 is 1.06 bits per heavy atom. The summed E-state index contributed by atoms with van der Waals surface area (Å²) in [6.45, 7) is 5.55. The van der Waals surface area contributed by atoms with Crippen molar-refractivity contribution in [2.45, 2.75) is 33.1 Å². The third kappa shape index (κ3) is 5.62. The fourth-order valence-electron chi connectivity index (χ4n) is 3.36. The molecule has 32 heavy (non-hydrogen) atoms. The van der Waals surface area contributed by atoms with Gasteiger partial charge in [0.25, 0.3) is 5.91 Å². The third-order valence-corrected chi connectivity index (χ3v) is 5.24. The molecule has 1 aromatic heterocycles. The Balaban J connectivity index is 1.63. The Morgan fingerprint density at radius 2 is 1.81 bits per heavy atom. The number of Topliss-reactive ketones (excluding diaryl/α,β-unsaturated/α-hetero) is 1. The molecule has 0 spiro atoms. The lowest BCUT2D eigenvalue weighted by Crippen LogP contribution is -2.27. The Kier molecular flexibility index (Phi) is 8.16. The molecule has 9 heteroatoms. The number of aromatic nitrogens is 1. The monoisotopic (exact) mass is 462 g/mol. The van der Waals surface area contributed by atoms with E-state index in [0.29, 0.717) is 43.5 Å². The van der Waals surface area contributed by atoms with Gasteiger partial charge in [-0.15, -0.1) is 0 Å². The molecule has 1 aliphatic heterocycles. The van der Waals surface area contributed by atoms with Gasteiger partial charge < -0.3 is 24.1 Å². The Morgan fingerprint density at radius 3 is 2.50 bits per heavy atom. The zero-order valence-electron chi connectivity index (χ0n) is 18.2. The average Bonchev–Trinajstić information content (AvgIpc) is 3.49. The van der Waals surface area contributed by atoms with Crippen molar-refractivity contribution in [2.75, 3.05) is 32.9 Å². The minimum Gasteiger partial charge on any atom is -0.490 e. The van der Waals surface area contributed by atoms with Crippen LogP contribution in [0.2, 0.25) is 5.02 Å². The van der Waals surface area contributed by atoms with Crippen LogP contribution in [0.25, 0.3) is 0 Å². The predicted octanol–water partition coefficient (Wildman–Crippen LogP) is 4.13.